The molecule has 2 unspecified atom stereocenters. The van der Waals surface area contributed by atoms with Crippen LogP contribution in [0, 0.1) is 34.6 Å². The second-order valence-electron chi connectivity index (χ2n) is 6.14. The van der Waals surface area contributed by atoms with Gasteiger partial charge in [0, 0.05) is 5.92 Å². The van der Waals surface area contributed by atoms with Crippen molar-refractivity contribution < 1.29 is 0 Å². The molecule has 0 nitrogen and oxygen atoms in total. The highest BCUT2D eigenvalue weighted by molar-refractivity contribution is 6.21. The lowest BCUT2D eigenvalue weighted by molar-refractivity contribution is 0.722. The predicted octanol–water partition coefficient (Wildman–Crippen LogP) is 6.31. The number of hydrogen-bond acceptors (Lipinski definition) is 0. The van der Waals surface area contributed by atoms with Gasteiger partial charge in [0.05, 0.1) is 5.38 Å². The van der Waals surface area contributed by atoms with Crippen LogP contribution in [-0.4, -0.2) is 0 Å². The monoisotopic (exact) mass is 300 g/mol. The topological polar surface area (TPSA) is 0 Å². The van der Waals surface area contributed by atoms with E-state index in [1.54, 1.807) is 0 Å². The fourth-order valence-corrected chi connectivity index (χ4v) is 3.59. The molecule has 0 heterocycles. The third kappa shape index (κ3) is 2.87. The third-order valence-electron chi connectivity index (χ3n) is 5.10. The minimum atomic E-state index is 0.00500. The van der Waals surface area contributed by atoms with Crippen molar-refractivity contribution in [3.63, 3.8) is 0 Å². The second kappa shape index (κ2) is 6.23. The maximum atomic E-state index is 6.90. The standard InChI is InChI=1S/C20H25Cl/c1-12-13(2)15(4)19(16(5)14(12)3)20(21)17(6)18-10-8-7-9-11-18/h7-11,17,20H,1-6H3. The summed E-state index contributed by atoms with van der Waals surface area (Å²) in [5, 5.41) is 0.00500. The lowest BCUT2D eigenvalue weighted by Crippen LogP contribution is -2.10. The third-order valence-corrected chi connectivity index (χ3v) is 5.69. The molecule has 0 spiro atoms. The zero-order valence-corrected chi connectivity index (χ0v) is 14.7. The summed E-state index contributed by atoms with van der Waals surface area (Å²) in [5.74, 6) is 0.298. The lowest BCUT2D eigenvalue weighted by atomic mass is 9.83. The fraction of sp³-hybridized carbons (Fsp3) is 0.400. The first-order valence-electron chi connectivity index (χ1n) is 7.62. The molecule has 0 aliphatic heterocycles. The number of alkyl halides is 1. The molecule has 1 heteroatoms. The summed E-state index contributed by atoms with van der Waals surface area (Å²) in [6, 6.07) is 10.6. The van der Waals surface area contributed by atoms with E-state index in [4.69, 9.17) is 11.6 Å². The van der Waals surface area contributed by atoms with Crippen LogP contribution in [-0.2, 0) is 0 Å². The Balaban J connectivity index is 2.52. The average molecular weight is 301 g/mol. The lowest BCUT2D eigenvalue weighted by Gasteiger charge is -2.26. The van der Waals surface area contributed by atoms with Crippen LogP contribution in [0.25, 0.3) is 0 Å². The normalized spacial score (nSPS) is 14.0. The zero-order valence-electron chi connectivity index (χ0n) is 13.9. The van der Waals surface area contributed by atoms with Crippen molar-refractivity contribution in [2.75, 3.05) is 0 Å². The average Bonchev–Trinajstić information content (AvgIpc) is 2.51. The van der Waals surface area contributed by atoms with Crippen LogP contribution in [0.3, 0.4) is 0 Å². The Morgan fingerprint density at radius 3 is 1.62 bits per heavy atom. The summed E-state index contributed by atoms with van der Waals surface area (Å²) in [6.07, 6.45) is 0. The molecule has 0 aromatic heterocycles. The van der Waals surface area contributed by atoms with Gasteiger partial charge in [-0.05, 0) is 73.6 Å². The summed E-state index contributed by atoms with van der Waals surface area (Å²) in [7, 11) is 0. The smallest absolute Gasteiger partial charge is 0.0656 e. The summed E-state index contributed by atoms with van der Waals surface area (Å²) >= 11 is 6.90. The number of benzene rings is 2. The van der Waals surface area contributed by atoms with Crippen molar-refractivity contribution in [2.24, 2.45) is 0 Å². The van der Waals surface area contributed by atoms with E-state index in [1.807, 2.05) is 0 Å². The van der Waals surface area contributed by atoms with Crippen LogP contribution < -0.4 is 0 Å². The van der Waals surface area contributed by atoms with Gasteiger partial charge in [0.2, 0.25) is 0 Å². The fourth-order valence-electron chi connectivity index (χ4n) is 3.12. The van der Waals surface area contributed by atoms with Crippen LogP contribution in [0.5, 0.6) is 0 Å². The van der Waals surface area contributed by atoms with Crippen molar-refractivity contribution in [1.82, 2.24) is 0 Å². The molecule has 0 amide bonds. The van der Waals surface area contributed by atoms with Crippen molar-refractivity contribution in [1.29, 1.82) is 0 Å². The van der Waals surface area contributed by atoms with Gasteiger partial charge in [-0.2, -0.15) is 0 Å². The summed E-state index contributed by atoms with van der Waals surface area (Å²) < 4.78 is 0. The molecule has 2 atom stereocenters. The van der Waals surface area contributed by atoms with Crippen LogP contribution in [0.1, 0.15) is 57.2 Å². The second-order valence-corrected chi connectivity index (χ2v) is 6.61. The van der Waals surface area contributed by atoms with Gasteiger partial charge in [0.15, 0.2) is 0 Å². The quantitative estimate of drug-likeness (QED) is 0.582. The molecule has 112 valence electrons. The number of rotatable bonds is 3. The van der Waals surface area contributed by atoms with E-state index in [0.29, 0.717) is 5.92 Å². The van der Waals surface area contributed by atoms with E-state index in [0.717, 1.165) is 0 Å². The summed E-state index contributed by atoms with van der Waals surface area (Å²) in [6.45, 7) is 13.2. The zero-order chi connectivity index (χ0) is 15.7. The van der Waals surface area contributed by atoms with Gasteiger partial charge in [0.1, 0.15) is 0 Å². The van der Waals surface area contributed by atoms with E-state index < -0.39 is 0 Å². The molecule has 0 aliphatic rings. The maximum Gasteiger partial charge on any atom is 0.0656 e. The SMILES string of the molecule is Cc1c(C)c(C)c(C(Cl)C(C)c2ccccc2)c(C)c1C. The Kier molecular flexibility index (Phi) is 4.78. The van der Waals surface area contributed by atoms with Crippen LogP contribution in [0.15, 0.2) is 30.3 Å². The highest BCUT2D eigenvalue weighted by atomic mass is 35.5. The van der Waals surface area contributed by atoms with Crippen molar-refractivity contribution in [3.05, 3.63) is 69.3 Å². The Bertz CT molecular complexity index is 612. The highest BCUT2D eigenvalue weighted by Crippen LogP contribution is 2.41. The molecule has 0 fully saturated rings. The maximum absolute atomic E-state index is 6.90. The van der Waals surface area contributed by atoms with Crippen molar-refractivity contribution >= 4 is 11.6 Å². The molecular weight excluding hydrogens is 276 g/mol. The first-order chi connectivity index (χ1) is 9.86. The number of hydrogen-bond donors (Lipinski definition) is 0. The first-order valence-corrected chi connectivity index (χ1v) is 8.05. The molecule has 2 aromatic rings. The Morgan fingerprint density at radius 1 is 0.714 bits per heavy atom. The Labute approximate surface area is 134 Å². The minimum Gasteiger partial charge on any atom is -0.117 e. The van der Waals surface area contributed by atoms with E-state index >= 15 is 0 Å². The predicted molar refractivity (Wildman–Crippen MR) is 93.6 cm³/mol. The van der Waals surface area contributed by atoms with Gasteiger partial charge < -0.3 is 0 Å². The number of halogens is 1. The Morgan fingerprint density at radius 2 is 1.14 bits per heavy atom. The first kappa shape index (κ1) is 16.1. The van der Waals surface area contributed by atoms with Gasteiger partial charge in [-0.3, -0.25) is 0 Å². The van der Waals surface area contributed by atoms with Gasteiger partial charge in [-0.15, -0.1) is 11.6 Å². The summed E-state index contributed by atoms with van der Waals surface area (Å²) in [5.41, 5.74) is 9.44. The van der Waals surface area contributed by atoms with E-state index in [1.165, 1.54) is 38.9 Å². The van der Waals surface area contributed by atoms with Crippen molar-refractivity contribution in [2.45, 2.75) is 52.8 Å². The molecular formula is C20H25Cl. The van der Waals surface area contributed by atoms with Crippen LogP contribution >= 0.6 is 11.6 Å². The molecule has 0 bridgehead atoms. The molecule has 0 saturated carbocycles. The molecule has 0 saturated heterocycles. The molecule has 0 aliphatic carbocycles. The highest BCUT2D eigenvalue weighted by Gasteiger charge is 2.24. The molecule has 0 radical (unpaired) electrons. The van der Waals surface area contributed by atoms with E-state index in [9.17, 15) is 0 Å². The van der Waals surface area contributed by atoms with Crippen molar-refractivity contribution in [3.8, 4) is 0 Å². The summed E-state index contributed by atoms with van der Waals surface area (Å²) in [4.78, 5) is 0. The van der Waals surface area contributed by atoms with Crippen LogP contribution in [0.2, 0.25) is 0 Å². The van der Waals surface area contributed by atoms with Gasteiger partial charge in [-0.1, -0.05) is 37.3 Å². The molecule has 0 N–H and O–H groups in total. The van der Waals surface area contributed by atoms with E-state index in [2.05, 4.69) is 71.9 Å². The molecule has 21 heavy (non-hydrogen) atoms. The van der Waals surface area contributed by atoms with Crippen LogP contribution in [0.4, 0.5) is 0 Å². The minimum absolute atomic E-state index is 0.00500. The van der Waals surface area contributed by atoms with Gasteiger partial charge in [0.25, 0.3) is 0 Å². The molecule has 2 rings (SSSR count). The largest absolute Gasteiger partial charge is 0.117 e. The van der Waals surface area contributed by atoms with Gasteiger partial charge >= 0.3 is 0 Å². The Hall–Kier alpha value is -1.27. The van der Waals surface area contributed by atoms with Gasteiger partial charge in [-0.25, -0.2) is 0 Å². The molecule has 2 aromatic carbocycles. The van der Waals surface area contributed by atoms with E-state index in [-0.39, 0.29) is 5.38 Å².